The summed E-state index contributed by atoms with van der Waals surface area (Å²) in [4.78, 5) is 42.0. The lowest BCUT2D eigenvalue weighted by molar-refractivity contribution is -0.116. The SMILES string of the molecule is O=C(Cn1c(=O)oc2ccccc21)Nc1ccc2nc3n(c(=O)c2c1)CCCC3. The number of carbonyl (C=O) groups is 1. The van der Waals surface area contributed by atoms with Gasteiger partial charge in [0, 0.05) is 18.7 Å². The van der Waals surface area contributed by atoms with Gasteiger partial charge in [0.2, 0.25) is 5.91 Å². The van der Waals surface area contributed by atoms with E-state index in [4.69, 9.17) is 4.42 Å². The van der Waals surface area contributed by atoms with Gasteiger partial charge in [-0.25, -0.2) is 9.78 Å². The first-order chi connectivity index (χ1) is 14.1. The zero-order valence-electron chi connectivity index (χ0n) is 15.6. The van der Waals surface area contributed by atoms with E-state index in [0.29, 0.717) is 34.2 Å². The summed E-state index contributed by atoms with van der Waals surface area (Å²) >= 11 is 0. The first-order valence-corrected chi connectivity index (χ1v) is 9.52. The van der Waals surface area contributed by atoms with Crippen molar-refractivity contribution in [1.82, 2.24) is 14.1 Å². The molecule has 0 aliphatic carbocycles. The van der Waals surface area contributed by atoms with E-state index in [1.165, 1.54) is 4.57 Å². The molecule has 0 saturated heterocycles. The van der Waals surface area contributed by atoms with Gasteiger partial charge in [0.15, 0.2) is 5.58 Å². The number of para-hydroxylation sites is 2. The third-order valence-corrected chi connectivity index (χ3v) is 5.22. The Balaban J connectivity index is 1.44. The molecular formula is C21H18N4O4. The number of amides is 1. The number of nitrogens with one attached hydrogen (secondary N) is 1. The van der Waals surface area contributed by atoms with Crippen LogP contribution in [-0.2, 0) is 24.3 Å². The van der Waals surface area contributed by atoms with Gasteiger partial charge in [0.25, 0.3) is 5.56 Å². The van der Waals surface area contributed by atoms with E-state index in [1.807, 2.05) is 0 Å². The molecule has 146 valence electrons. The summed E-state index contributed by atoms with van der Waals surface area (Å²) in [7, 11) is 0. The molecule has 2 aromatic heterocycles. The van der Waals surface area contributed by atoms with Crippen LogP contribution >= 0.6 is 0 Å². The van der Waals surface area contributed by atoms with Crippen molar-refractivity contribution in [1.29, 1.82) is 0 Å². The van der Waals surface area contributed by atoms with Gasteiger partial charge in [-0.2, -0.15) is 0 Å². The van der Waals surface area contributed by atoms with Crippen molar-refractivity contribution in [2.24, 2.45) is 0 Å². The van der Waals surface area contributed by atoms with Crippen LogP contribution in [0, 0.1) is 0 Å². The molecule has 0 fully saturated rings. The lowest BCUT2D eigenvalue weighted by Gasteiger charge is -2.18. The number of nitrogens with zero attached hydrogens (tertiary/aromatic N) is 3. The average Bonchev–Trinajstić information content (AvgIpc) is 3.04. The maximum absolute atomic E-state index is 12.8. The number of benzene rings is 2. The smallest absolute Gasteiger partial charge is 0.408 e. The second kappa shape index (κ2) is 6.73. The predicted molar refractivity (Wildman–Crippen MR) is 108 cm³/mol. The molecule has 1 aliphatic rings. The minimum Gasteiger partial charge on any atom is -0.408 e. The number of fused-ring (bicyclic) bond motifs is 3. The molecule has 0 spiro atoms. The maximum atomic E-state index is 12.8. The van der Waals surface area contributed by atoms with E-state index in [9.17, 15) is 14.4 Å². The number of hydrogen-bond acceptors (Lipinski definition) is 5. The van der Waals surface area contributed by atoms with Crippen LogP contribution in [0.15, 0.2) is 56.5 Å². The number of carbonyl (C=O) groups excluding carboxylic acids is 1. The van der Waals surface area contributed by atoms with E-state index < -0.39 is 5.76 Å². The number of rotatable bonds is 3. The summed E-state index contributed by atoms with van der Waals surface area (Å²) in [6.45, 7) is 0.486. The van der Waals surface area contributed by atoms with E-state index in [2.05, 4.69) is 10.3 Å². The van der Waals surface area contributed by atoms with Crippen molar-refractivity contribution in [2.45, 2.75) is 32.4 Å². The molecule has 1 N–H and O–H groups in total. The minimum absolute atomic E-state index is 0.0853. The Morgan fingerprint density at radius 3 is 2.90 bits per heavy atom. The van der Waals surface area contributed by atoms with Crippen molar-refractivity contribution in [3.05, 3.63) is 69.2 Å². The van der Waals surface area contributed by atoms with Crippen LogP contribution in [0.4, 0.5) is 5.69 Å². The Kier molecular flexibility index (Phi) is 4.04. The quantitative estimate of drug-likeness (QED) is 0.579. The summed E-state index contributed by atoms with van der Waals surface area (Å²) in [6.07, 6.45) is 2.80. The highest BCUT2D eigenvalue weighted by Gasteiger charge is 2.16. The molecule has 0 unspecified atom stereocenters. The van der Waals surface area contributed by atoms with Gasteiger partial charge in [-0.1, -0.05) is 12.1 Å². The summed E-state index contributed by atoms with van der Waals surface area (Å²) in [5, 5.41) is 3.23. The van der Waals surface area contributed by atoms with E-state index in [1.54, 1.807) is 47.0 Å². The van der Waals surface area contributed by atoms with Crippen molar-refractivity contribution in [2.75, 3.05) is 5.32 Å². The van der Waals surface area contributed by atoms with Crippen LogP contribution in [0.3, 0.4) is 0 Å². The topological polar surface area (TPSA) is 99.1 Å². The monoisotopic (exact) mass is 390 g/mol. The van der Waals surface area contributed by atoms with Gasteiger partial charge >= 0.3 is 5.76 Å². The molecule has 0 radical (unpaired) electrons. The second-order valence-corrected chi connectivity index (χ2v) is 7.14. The minimum atomic E-state index is -0.589. The molecule has 5 rings (SSSR count). The lowest BCUT2D eigenvalue weighted by atomic mass is 10.1. The third-order valence-electron chi connectivity index (χ3n) is 5.22. The molecule has 1 amide bonds. The van der Waals surface area contributed by atoms with Gasteiger partial charge in [0.1, 0.15) is 12.4 Å². The zero-order valence-corrected chi connectivity index (χ0v) is 15.6. The summed E-state index contributed by atoms with van der Waals surface area (Å²) in [5.74, 6) is -0.158. The Bertz CT molecular complexity index is 1380. The highest BCUT2D eigenvalue weighted by molar-refractivity contribution is 5.94. The van der Waals surface area contributed by atoms with Gasteiger partial charge in [-0.15, -0.1) is 0 Å². The molecule has 8 nitrogen and oxygen atoms in total. The molecule has 4 aromatic rings. The number of hydrogen-bond donors (Lipinski definition) is 1. The molecule has 1 aliphatic heterocycles. The predicted octanol–water partition coefficient (Wildman–Crippen LogP) is 2.28. The van der Waals surface area contributed by atoms with Crippen molar-refractivity contribution in [3.8, 4) is 0 Å². The second-order valence-electron chi connectivity index (χ2n) is 7.14. The Labute approximate surface area is 164 Å². The maximum Gasteiger partial charge on any atom is 0.420 e. The van der Waals surface area contributed by atoms with Gasteiger partial charge < -0.3 is 9.73 Å². The largest absolute Gasteiger partial charge is 0.420 e. The number of anilines is 1. The Hall–Kier alpha value is -3.68. The van der Waals surface area contributed by atoms with Gasteiger partial charge in [0.05, 0.1) is 16.4 Å². The van der Waals surface area contributed by atoms with Crippen molar-refractivity contribution in [3.63, 3.8) is 0 Å². The van der Waals surface area contributed by atoms with Crippen LogP contribution < -0.4 is 16.6 Å². The van der Waals surface area contributed by atoms with Gasteiger partial charge in [-0.05, 0) is 43.2 Å². The van der Waals surface area contributed by atoms with Crippen LogP contribution in [0.25, 0.3) is 22.0 Å². The number of aryl methyl sites for hydroxylation is 1. The standard InChI is InChI=1S/C21H18N4O4/c26-19(12-25-16-5-1-2-6-17(16)29-21(25)28)22-13-8-9-15-14(11-13)20(27)24-10-4-3-7-18(24)23-15/h1-2,5-6,8-9,11H,3-4,7,10,12H2,(H,22,26). The van der Waals surface area contributed by atoms with Gasteiger partial charge in [-0.3, -0.25) is 18.7 Å². The summed E-state index contributed by atoms with van der Waals surface area (Å²) < 4.78 is 8.14. The fraction of sp³-hybridized carbons (Fsp3) is 0.238. The first-order valence-electron chi connectivity index (χ1n) is 9.52. The first kappa shape index (κ1) is 17.4. The van der Waals surface area contributed by atoms with Crippen LogP contribution in [0.1, 0.15) is 18.7 Å². The molecular weight excluding hydrogens is 372 g/mol. The summed E-state index contributed by atoms with van der Waals surface area (Å²) in [6, 6.07) is 12.0. The van der Waals surface area contributed by atoms with Crippen LogP contribution in [0.2, 0.25) is 0 Å². The molecule has 3 heterocycles. The van der Waals surface area contributed by atoms with E-state index in [0.717, 1.165) is 25.1 Å². The fourth-order valence-corrected chi connectivity index (χ4v) is 3.83. The van der Waals surface area contributed by atoms with Crippen LogP contribution in [0.5, 0.6) is 0 Å². The Morgan fingerprint density at radius 2 is 2.00 bits per heavy atom. The summed E-state index contributed by atoms with van der Waals surface area (Å²) in [5.41, 5.74) is 2.01. The van der Waals surface area contributed by atoms with E-state index >= 15 is 0 Å². The van der Waals surface area contributed by atoms with E-state index in [-0.39, 0.29) is 18.0 Å². The lowest BCUT2D eigenvalue weighted by Crippen LogP contribution is -2.28. The average molecular weight is 390 g/mol. The molecule has 0 saturated carbocycles. The molecule has 0 bridgehead atoms. The Morgan fingerprint density at radius 1 is 1.14 bits per heavy atom. The zero-order chi connectivity index (χ0) is 20.0. The fourth-order valence-electron chi connectivity index (χ4n) is 3.83. The highest BCUT2D eigenvalue weighted by atomic mass is 16.4. The number of aromatic nitrogens is 3. The molecule has 8 heteroatoms. The number of oxazole rings is 1. The van der Waals surface area contributed by atoms with Crippen molar-refractivity contribution < 1.29 is 9.21 Å². The molecule has 2 aromatic carbocycles. The van der Waals surface area contributed by atoms with Crippen LogP contribution in [-0.4, -0.2) is 20.0 Å². The molecule has 0 atom stereocenters. The normalized spacial score (nSPS) is 13.5. The molecule has 29 heavy (non-hydrogen) atoms. The highest BCUT2D eigenvalue weighted by Crippen LogP contribution is 2.19. The van der Waals surface area contributed by atoms with Crippen molar-refractivity contribution >= 4 is 33.6 Å². The third kappa shape index (κ3) is 3.02.